The van der Waals surface area contributed by atoms with E-state index in [0.29, 0.717) is 24.5 Å². The van der Waals surface area contributed by atoms with Crippen molar-refractivity contribution in [1.82, 2.24) is 10.3 Å². The molecule has 2 aromatic carbocycles. The van der Waals surface area contributed by atoms with Crippen molar-refractivity contribution >= 4 is 16.8 Å². The zero-order valence-electron chi connectivity index (χ0n) is 16.0. The van der Waals surface area contributed by atoms with Gasteiger partial charge in [-0.15, -0.1) is 0 Å². The van der Waals surface area contributed by atoms with E-state index in [0.717, 1.165) is 28.5 Å². The molecule has 0 aliphatic heterocycles. The molecular formula is C22H26N2O3. The fourth-order valence-corrected chi connectivity index (χ4v) is 3.38. The molecule has 1 heterocycles. The van der Waals surface area contributed by atoms with E-state index in [1.165, 1.54) is 0 Å². The van der Waals surface area contributed by atoms with Crippen LogP contribution in [-0.4, -0.2) is 31.7 Å². The number of hydrogen-bond donors (Lipinski definition) is 2. The van der Waals surface area contributed by atoms with Gasteiger partial charge >= 0.3 is 0 Å². The van der Waals surface area contributed by atoms with E-state index in [4.69, 9.17) is 9.47 Å². The number of rotatable bonds is 8. The van der Waals surface area contributed by atoms with E-state index in [1.54, 1.807) is 14.2 Å². The number of aromatic nitrogens is 1. The van der Waals surface area contributed by atoms with E-state index in [9.17, 15) is 4.79 Å². The highest BCUT2D eigenvalue weighted by Crippen LogP contribution is 2.37. The molecule has 0 saturated heterocycles. The van der Waals surface area contributed by atoms with Gasteiger partial charge in [0.05, 0.1) is 14.2 Å². The van der Waals surface area contributed by atoms with Crippen LogP contribution in [0, 0.1) is 0 Å². The van der Waals surface area contributed by atoms with Gasteiger partial charge in [-0.25, -0.2) is 0 Å². The zero-order chi connectivity index (χ0) is 19.2. The van der Waals surface area contributed by atoms with Crippen molar-refractivity contribution in [3.63, 3.8) is 0 Å². The minimum atomic E-state index is -0.0854. The minimum absolute atomic E-state index is 0.0434. The van der Waals surface area contributed by atoms with E-state index in [2.05, 4.69) is 16.4 Å². The maximum atomic E-state index is 12.5. The molecule has 1 aromatic heterocycles. The summed E-state index contributed by atoms with van der Waals surface area (Å²) in [5.74, 6) is 1.29. The molecule has 0 bridgehead atoms. The first-order valence-electron chi connectivity index (χ1n) is 9.22. The van der Waals surface area contributed by atoms with Gasteiger partial charge in [0.15, 0.2) is 11.5 Å². The van der Waals surface area contributed by atoms with Crippen molar-refractivity contribution in [3.05, 3.63) is 59.8 Å². The highest BCUT2D eigenvalue weighted by atomic mass is 16.5. The first-order chi connectivity index (χ1) is 13.2. The van der Waals surface area contributed by atoms with Crippen LogP contribution in [0.4, 0.5) is 0 Å². The minimum Gasteiger partial charge on any atom is -0.493 e. The number of H-pyrrole nitrogens is 1. The molecular weight excluding hydrogens is 340 g/mol. The van der Waals surface area contributed by atoms with Crippen molar-refractivity contribution in [2.24, 2.45) is 0 Å². The van der Waals surface area contributed by atoms with Crippen LogP contribution in [-0.2, 0) is 4.79 Å². The van der Waals surface area contributed by atoms with Crippen LogP contribution in [0.15, 0.2) is 48.7 Å². The average molecular weight is 366 g/mol. The number of aromatic amines is 1. The van der Waals surface area contributed by atoms with Crippen LogP contribution in [0.5, 0.6) is 11.5 Å². The number of ether oxygens (including phenoxy) is 2. The van der Waals surface area contributed by atoms with E-state index in [-0.39, 0.29) is 11.8 Å². The normalized spacial score (nSPS) is 12.0. The highest BCUT2D eigenvalue weighted by molar-refractivity contribution is 5.86. The average Bonchev–Trinajstić information content (AvgIpc) is 3.13. The standard InChI is InChI=1S/C22H26N2O3/c1-4-11-23-22(25)13-17(15-9-10-20(26-2)21(12-15)27-3)18-14-24-19-8-6-5-7-16(18)19/h5-10,12,14,17,24H,4,11,13H2,1-3H3,(H,23,25)/t17-/m0/s1. The third-order valence-electron chi connectivity index (χ3n) is 4.77. The maximum absolute atomic E-state index is 12.5. The summed E-state index contributed by atoms with van der Waals surface area (Å²) in [5, 5.41) is 4.11. The van der Waals surface area contributed by atoms with E-state index >= 15 is 0 Å². The predicted molar refractivity (Wildman–Crippen MR) is 108 cm³/mol. The number of carbonyl (C=O) groups is 1. The number of nitrogens with one attached hydrogen (secondary N) is 2. The van der Waals surface area contributed by atoms with Crippen molar-refractivity contribution < 1.29 is 14.3 Å². The molecule has 5 nitrogen and oxygen atoms in total. The topological polar surface area (TPSA) is 63.4 Å². The van der Waals surface area contributed by atoms with E-state index < -0.39 is 0 Å². The molecule has 27 heavy (non-hydrogen) atoms. The Morgan fingerprint density at radius 3 is 2.63 bits per heavy atom. The molecule has 5 heteroatoms. The van der Waals surface area contributed by atoms with Crippen LogP contribution < -0.4 is 14.8 Å². The Morgan fingerprint density at radius 1 is 1.11 bits per heavy atom. The first-order valence-corrected chi connectivity index (χ1v) is 9.22. The lowest BCUT2D eigenvalue weighted by Crippen LogP contribution is -2.26. The fourth-order valence-electron chi connectivity index (χ4n) is 3.38. The summed E-state index contributed by atoms with van der Waals surface area (Å²) in [6.07, 6.45) is 3.29. The lowest BCUT2D eigenvalue weighted by Gasteiger charge is -2.19. The van der Waals surface area contributed by atoms with Crippen LogP contribution >= 0.6 is 0 Å². The number of benzene rings is 2. The quantitative estimate of drug-likeness (QED) is 0.627. The van der Waals surface area contributed by atoms with Crippen molar-refractivity contribution in [2.75, 3.05) is 20.8 Å². The Morgan fingerprint density at radius 2 is 1.89 bits per heavy atom. The van der Waals surface area contributed by atoms with Gasteiger partial charge in [0, 0.05) is 36.0 Å². The van der Waals surface area contributed by atoms with Crippen LogP contribution in [0.3, 0.4) is 0 Å². The number of methoxy groups -OCH3 is 2. The lowest BCUT2D eigenvalue weighted by molar-refractivity contribution is -0.121. The Balaban J connectivity index is 2.03. The molecule has 0 radical (unpaired) electrons. The van der Waals surface area contributed by atoms with Gasteiger partial charge in [-0.1, -0.05) is 31.2 Å². The van der Waals surface area contributed by atoms with Crippen molar-refractivity contribution in [1.29, 1.82) is 0 Å². The molecule has 3 rings (SSSR count). The molecule has 0 unspecified atom stereocenters. The third kappa shape index (κ3) is 4.08. The molecule has 0 aliphatic carbocycles. The Bertz CT molecular complexity index is 917. The maximum Gasteiger partial charge on any atom is 0.220 e. The largest absolute Gasteiger partial charge is 0.493 e. The summed E-state index contributed by atoms with van der Waals surface area (Å²) in [5.41, 5.74) is 3.18. The number of hydrogen-bond acceptors (Lipinski definition) is 3. The second kappa shape index (κ2) is 8.62. The van der Waals surface area contributed by atoms with Gasteiger partial charge < -0.3 is 19.8 Å². The predicted octanol–water partition coefficient (Wildman–Crippen LogP) is 4.23. The van der Waals surface area contributed by atoms with Gasteiger partial charge in [-0.3, -0.25) is 4.79 Å². The summed E-state index contributed by atoms with van der Waals surface area (Å²) in [6.45, 7) is 2.73. The third-order valence-corrected chi connectivity index (χ3v) is 4.77. The van der Waals surface area contributed by atoms with Crippen LogP contribution in [0.1, 0.15) is 36.8 Å². The van der Waals surface area contributed by atoms with E-state index in [1.807, 2.05) is 49.5 Å². The highest BCUT2D eigenvalue weighted by Gasteiger charge is 2.22. The summed E-state index contributed by atoms with van der Waals surface area (Å²) in [7, 11) is 3.24. The van der Waals surface area contributed by atoms with Gasteiger partial charge in [0.2, 0.25) is 5.91 Å². The van der Waals surface area contributed by atoms with Gasteiger partial charge in [-0.05, 0) is 35.7 Å². The molecule has 1 amide bonds. The Hall–Kier alpha value is -2.95. The Kier molecular flexibility index (Phi) is 6.01. The summed E-state index contributed by atoms with van der Waals surface area (Å²) < 4.78 is 10.8. The molecule has 0 aliphatic rings. The smallest absolute Gasteiger partial charge is 0.220 e. The summed E-state index contributed by atoms with van der Waals surface area (Å²) in [4.78, 5) is 15.8. The molecule has 3 aromatic rings. The number of fused-ring (bicyclic) bond motifs is 1. The molecule has 142 valence electrons. The van der Waals surface area contributed by atoms with Crippen LogP contribution in [0.2, 0.25) is 0 Å². The Labute approximate surface area is 159 Å². The second-order valence-electron chi connectivity index (χ2n) is 6.51. The summed E-state index contributed by atoms with van der Waals surface area (Å²) >= 11 is 0. The van der Waals surface area contributed by atoms with Crippen molar-refractivity contribution in [3.8, 4) is 11.5 Å². The lowest BCUT2D eigenvalue weighted by atomic mass is 9.87. The molecule has 0 fully saturated rings. The SMILES string of the molecule is CCCNC(=O)C[C@@H](c1ccc(OC)c(OC)c1)c1c[nH]c2ccccc12. The zero-order valence-corrected chi connectivity index (χ0v) is 16.0. The monoisotopic (exact) mass is 366 g/mol. The van der Waals surface area contributed by atoms with Crippen LogP contribution in [0.25, 0.3) is 10.9 Å². The number of para-hydroxylation sites is 1. The molecule has 1 atom stereocenters. The second-order valence-corrected chi connectivity index (χ2v) is 6.51. The number of carbonyl (C=O) groups excluding carboxylic acids is 1. The van der Waals surface area contributed by atoms with Gasteiger partial charge in [0.25, 0.3) is 0 Å². The van der Waals surface area contributed by atoms with Crippen molar-refractivity contribution in [2.45, 2.75) is 25.7 Å². The molecule has 0 spiro atoms. The fraction of sp³-hybridized carbons (Fsp3) is 0.318. The summed E-state index contributed by atoms with van der Waals surface area (Å²) in [6, 6.07) is 14.0. The van der Waals surface area contributed by atoms with Gasteiger partial charge in [-0.2, -0.15) is 0 Å². The number of amides is 1. The first kappa shape index (κ1) is 18.8. The molecule has 0 saturated carbocycles. The van der Waals surface area contributed by atoms with Gasteiger partial charge in [0.1, 0.15) is 0 Å². The molecule has 2 N–H and O–H groups in total.